The number of aliphatic hydroxyl groups excluding tert-OH is 1. The first-order chi connectivity index (χ1) is 8.51. The Bertz CT molecular complexity index is 483. The average molecular weight is 271 g/mol. The fraction of sp³-hybridized carbons (Fsp3) is 0.250. The number of aliphatic hydroxyl groups is 1. The maximum Gasteiger partial charge on any atom is 0.337 e. The minimum Gasteiger partial charge on any atom is -0.479 e. The predicted octanol–water partition coefficient (Wildman–Crippen LogP) is 0.968. The number of alkyl halides is 1. The van der Waals surface area contributed by atoms with Gasteiger partial charge in [-0.3, -0.25) is 9.59 Å². The van der Waals surface area contributed by atoms with E-state index in [-0.39, 0.29) is 29.2 Å². The Balaban J connectivity index is 3.28. The fourth-order valence-electron chi connectivity index (χ4n) is 1.61. The van der Waals surface area contributed by atoms with Gasteiger partial charge in [-0.1, -0.05) is 18.2 Å². The van der Waals surface area contributed by atoms with Gasteiger partial charge in [0.2, 0.25) is 0 Å². The summed E-state index contributed by atoms with van der Waals surface area (Å²) in [6.07, 6.45) is -1.52. The van der Waals surface area contributed by atoms with Crippen molar-refractivity contribution >= 4 is 29.6 Å². The summed E-state index contributed by atoms with van der Waals surface area (Å²) >= 11 is 5.37. The molecule has 0 aliphatic rings. The Labute approximate surface area is 108 Å². The molecule has 0 saturated heterocycles. The summed E-state index contributed by atoms with van der Waals surface area (Å²) in [5, 5.41) is 18.4. The molecular weight excluding hydrogens is 260 g/mol. The first-order valence-electron chi connectivity index (χ1n) is 5.06. The molecule has 96 valence electrons. The van der Waals surface area contributed by atoms with Gasteiger partial charge in [0.1, 0.15) is 6.29 Å². The molecule has 1 atom stereocenters. The van der Waals surface area contributed by atoms with Crippen LogP contribution in [0.5, 0.6) is 0 Å². The van der Waals surface area contributed by atoms with Gasteiger partial charge in [0.15, 0.2) is 11.9 Å². The number of benzene rings is 1. The average Bonchev–Trinajstić information content (AvgIpc) is 2.37. The number of Topliss-reactive ketones (excluding diaryl/α,β-unsaturated/α-hetero) is 1. The van der Waals surface area contributed by atoms with E-state index in [2.05, 4.69) is 0 Å². The maximum atomic E-state index is 11.3. The van der Waals surface area contributed by atoms with E-state index in [0.717, 1.165) is 0 Å². The van der Waals surface area contributed by atoms with Crippen LogP contribution in [-0.2, 0) is 16.0 Å². The van der Waals surface area contributed by atoms with Crippen molar-refractivity contribution < 1.29 is 24.6 Å². The normalized spacial score (nSPS) is 11.9. The Morgan fingerprint density at radius 2 is 2.06 bits per heavy atom. The van der Waals surface area contributed by atoms with Crippen molar-refractivity contribution in [3.63, 3.8) is 0 Å². The van der Waals surface area contributed by atoms with Crippen molar-refractivity contribution in [3.8, 4) is 0 Å². The highest BCUT2D eigenvalue weighted by atomic mass is 35.5. The minimum absolute atomic E-state index is 0.0461. The lowest BCUT2D eigenvalue weighted by Crippen LogP contribution is -2.17. The van der Waals surface area contributed by atoms with Gasteiger partial charge in [0.25, 0.3) is 0 Å². The second-order valence-electron chi connectivity index (χ2n) is 3.63. The van der Waals surface area contributed by atoms with E-state index in [1.54, 1.807) is 0 Å². The molecule has 1 rings (SSSR count). The molecule has 0 radical (unpaired) electrons. The second-order valence-corrected chi connectivity index (χ2v) is 3.90. The molecule has 5 nitrogen and oxygen atoms in total. The van der Waals surface area contributed by atoms with Crippen LogP contribution >= 0.6 is 11.6 Å². The number of hydrogen-bond acceptors (Lipinski definition) is 4. The van der Waals surface area contributed by atoms with Crippen molar-refractivity contribution in [2.24, 2.45) is 0 Å². The number of aliphatic carboxylic acids is 1. The topological polar surface area (TPSA) is 91.7 Å². The molecule has 1 unspecified atom stereocenters. The van der Waals surface area contributed by atoms with E-state index in [4.69, 9.17) is 16.7 Å². The monoisotopic (exact) mass is 270 g/mol. The summed E-state index contributed by atoms with van der Waals surface area (Å²) in [6, 6.07) is 4.38. The molecule has 1 aromatic rings. The van der Waals surface area contributed by atoms with Crippen molar-refractivity contribution in [1.29, 1.82) is 0 Å². The number of carboxylic acid groups (broad SMARTS) is 1. The van der Waals surface area contributed by atoms with Gasteiger partial charge in [0.05, 0.1) is 5.88 Å². The van der Waals surface area contributed by atoms with E-state index in [9.17, 15) is 19.5 Å². The third-order valence-electron chi connectivity index (χ3n) is 2.40. The zero-order valence-corrected chi connectivity index (χ0v) is 10.1. The number of aldehydes is 1. The zero-order valence-electron chi connectivity index (χ0n) is 9.30. The van der Waals surface area contributed by atoms with E-state index in [1.165, 1.54) is 18.2 Å². The number of ketones is 1. The van der Waals surface area contributed by atoms with Crippen LogP contribution in [0, 0.1) is 0 Å². The lowest BCUT2D eigenvalue weighted by Gasteiger charge is -2.13. The third kappa shape index (κ3) is 3.15. The molecule has 0 aliphatic carbocycles. The highest BCUT2D eigenvalue weighted by Crippen LogP contribution is 2.23. The summed E-state index contributed by atoms with van der Waals surface area (Å²) in [7, 11) is 0. The van der Waals surface area contributed by atoms with E-state index >= 15 is 0 Å². The smallest absolute Gasteiger partial charge is 0.337 e. The van der Waals surface area contributed by atoms with Crippen molar-refractivity contribution in [3.05, 3.63) is 34.9 Å². The van der Waals surface area contributed by atoms with Crippen LogP contribution in [0.15, 0.2) is 18.2 Å². The van der Waals surface area contributed by atoms with Crippen LogP contribution < -0.4 is 0 Å². The van der Waals surface area contributed by atoms with E-state index in [0.29, 0.717) is 11.8 Å². The molecule has 0 saturated carbocycles. The molecular formula is C12H11ClO5. The van der Waals surface area contributed by atoms with Crippen LogP contribution in [-0.4, -0.2) is 34.1 Å². The molecule has 2 N–H and O–H groups in total. The van der Waals surface area contributed by atoms with Crippen molar-refractivity contribution in [2.45, 2.75) is 12.5 Å². The SMILES string of the molecule is O=Cc1cccc(CC(=O)CCl)c1C(O)C(=O)O. The number of hydrogen-bond donors (Lipinski definition) is 2. The van der Waals surface area contributed by atoms with Crippen molar-refractivity contribution in [1.82, 2.24) is 0 Å². The first-order valence-corrected chi connectivity index (χ1v) is 5.60. The molecule has 0 aliphatic heterocycles. The van der Waals surface area contributed by atoms with E-state index < -0.39 is 12.1 Å². The summed E-state index contributed by atoms with van der Waals surface area (Å²) in [5.74, 6) is -2.02. The molecule has 0 spiro atoms. The second kappa shape index (κ2) is 6.28. The van der Waals surface area contributed by atoms with Crippen LogP contribution in [0.1, 0.15) is 27.6 Å². The summed E-state index contributed by atoms with van der Waals surface area (Å²) in [5.41, 5.74) is 0.281. The highest BCUT2D eigenvalue weighted by molar-refractivity contribution is 6.27. The molecule has 6 heteroatoms. The molecule has 0 aromatic heterocycles. The summed E-state index contributed by atoms with van der Waals surface area (Å²) in [6.45, 7) is 0. The standard InChI is InChI=1S/C12H11ClO5/c13-5-9(15)4-7-2-1-3-8(6-14)10(7)11(16)12(17)18/h1-3,6,11,16H,4-5H2,(H,17,18). The molecule has 0 heterocycles. The predicted molar refractivity (Wildman–Crippen MR) is 63.9 cm³/mol. The van der Waals surface area contributed by atoms with Crippen LogP contribution in [0.2, 0.25) is 0 Å². The van der Waals surface area contributed by atoms with Gasteiger partial charge in [-0.2, -0.15) is 0 Å². The first kappa shape index (κ1) is 14.3. The number of rotatable bonds is 6. The van der Waals surface area contributed by atoms with Gasteiger partial charge < -0.3 is 10.2 Å². The summed E-state index contributed by atoms with van der Waals surface area (Å²) in [4.78, 5) is 32.9. The van der Waals surface area contributed by atoms with Crippen LogP contribution in [0.4, 0.5) is 0 Å². The van der Waals surface area contributed by atoms with E-state index in [1.807, 2.05) is 0 Å². The Morgan fingerprint density at radius 3 is 2.56 bits per heavy atom. The largest absolute Gasteiger partial charge is 0.479 e. The number of carbonyl (C=O) groups is 3. The number of carbonyl (C=O) groups excluding carboxylic acids is 2. The van der Waals surface area contributed by atoms with Gasteiger partial charge in [-0.05, 0) is 5.56 Å². The Hall–Kier alpha value is -1.72. The van der Waals surface area contributed by atoms with Crippen molar-refractivity contribution in [2.75, 3.05) is 5.88 Å². The molecule has 18 heavy (non-hydrogen) atoms. The lowest BCUT2D eigenvalue weighted by atomic mass is 9.94. The fourth-order valence-corrected chi connectivity index (χ4v) is 1.70. The highest BCUT2D eigenvalue weighted by Gasteiger charge is 2.23. The maximum absolute atomic E-state index is 11.3. The van der Waals surface area contributed by atoms with Gasteiger partial charge in [0, 0.05) is 17.5 Å². The molecule has 0 amide bonds. The summed E-state index contributed by atoms with van der Waals surface area (Å²) < 4.78 is 0. The minimum atomic E-state index is -1.84. The van der Waals surface area contributed by atoms with Gasteiger partial charge in [-0.15, -0.1) is 11.6 Å². The van der Waals surface area contributed by atoms with Crippen LogP contribution in [0.25, 0.3) is 0 Å². The van der Waals surface area contributed by atoms with Gasteiger partial charge >= 0.3 is 5.97 Å². The molecule has 0 bridgehead atoms. The van der Waals surface area contributed by atoms with Crippen LogP contribution in [0.3, 0.4) is 0 Å². The zero-order chi connectivity index (χ0) is 13.7. The van der Waals surface area contributed by atoms with Gasteiger partial charge in [-0.25, -0.2) is 4.79 Å². The quantitative estimate of drug-likeness (QED) is 0.593. The molecule has 0 fully saturated rings. The Kier molecular flexibility index (Phi) is 5.00. The third-order valence-corrected chi connectivity index (χ3v) is 2.70. The number of carboxylic acids is 1. The lowest BCUT2D eigenvalue weighted by molar-refractivity contribution is -0.147. The molecule has 1 aromatic carbocycles. The Morgan fingerprint density at radius 1 is 1.39 bits per heavy atom. The number of halogens is 1.